The molecule has 7 heteroatoms. The fourth-order valence-corrected chi connectivity index (χ4v) is 2.69. The maximum atomic E-state index is 13.1. The zero-order chi connectivity index (χ0) is 21.4. The quantitative estimate of drug-likeness (QED) is 0.284. The van der Waals surface area contributed by atoms with Gasteiger partial charge in [0.05, 0.1) is 5.56 Å². The van der Waals surface area contributed by atoms with Crippen molar-refractivity contribution in [2.75, 3.05) is 20.2 Å². The van der Waals surface area contributed by atoms with Gasteiger partial charge in [-0.05, 0) is 37.2 Å². The zero-order valence-corrected chi connectivity index (χ0v) is 16.2. The fraction of sp³-hybridized carbons (Fsp3) is 0.273. The van der Waals surface area contributed by atoms with Crippen molar-refractivity contribution >= 4 is 17.8 Å². The van der Waals surface area contributed by atoms with Crippen LogP contribution in [0.25, 0.3) is 6.08 Å². The lowest BCUT2D eigenvalue weighted by Crippen LogP contribution is -2.25. The molecule has 0 aliphatic rings. The summed E-state index contributed by atoms with van der Waals surface area (Å²) in [5.74, 6) is -1.60. The number of nitrogens with zero attached hydrogens (tertiary/aromatic N) is 1. The van der Waals surface area contributed by atoms with Gasteiger partial charge in [0.2, 0.25) is 0 Å². The summed E-state index contributed by atoms with van der Waals surface area (Å²) in [6.07, 6.45) is -3.67. The predicted molar refractivity (Wildman–Crippen MR) is 104 cm³/mol. The van der Waals surface area contributed by atoms with Crippen LogP contribution in [-0.4, -0.2) is 36.9 Å². The lowest BCUT2D eigenvalue weighted by Gasteiger charge is -2.17. The largest absolute Gasteiger partial charge is 0.461 e. The molecule has 0 amide bonds. The zero-order valence-electron chi connectivity index (χ0n) is 16.2. The Morgan fingerprint density at radius 3 is 2.28 bits per heavy atom. The normalized spacial score (nSPS) is 12.1. The van der Waals surface area contributed by atoms with E-state index >= 15 is 0 Å². The van der Waals surface area contributed by atoms with Gasteiger partial charge in [-0.3, -0.25) is 9.69 Å². The van der Waals surface area contributed by atoms with Crippen LogP contribution in [0.3, 0.4) is 0 Å². The van der Waals surface area contributed by atoms with E-state index in [2.05, 4.69) is 0 Å². The van der Waals surface area contributed by atoms with Crippen LogP contribution in [0, 0.1) is 0 Å². The Labute approximate surface area is 167 Å². The molecule has 2 rings (SSSR count). The van der Waals surface area contributed by atoms with Crippen LogP contribution < -0.4 is 0 Å². The molecule has 0 heterocycles. The average molecular weight is 405 g/mol. The molecule has 0 saturated heterocycles. The van der Waals surface area contributed by atoms with Gasteiger partial charge in [-0.25, -0.2) is 4.79 Å². The number of benzene rings is 2. The smallest absolute Gasteiger partial charge is 0.416 e. The van der Waals surface area contributed by atoms with E-state index in [9.17, 15) is 22.8 Å². The molecule has 154 valence electrons. The Morgan fingerprint density at radius 2 is 1.66 bits per heavy atom. The Hall–Kier alpha value is -2.93. The molecular formula is C22H22F3NO3. The highest BCUT2D eigenvalue weighted by Crippen LogP contribution is 2.32. The molecule has 4 nitrogen and oxygen atoms in total. The maximum Gasteiger partial charge on any atom is 0.416 e. The van der Waals surface area contributed by atoms with Crippen molar-refractivity contribution in [2.45, 2.75) is 19.6 Å². The summed E-state index contributed by atoms with van der Waals surface area (Å²) in [5, 5.41) is 0. The first-order valence-electron chi connectivity index (χ1n) is 8.97. The second kappa shape index (κ2) is 10.0. The minimum absolute atomic E-state index is 0.00764. The average Bonchev–Trinajstić information content (AvgIpc) is 2.66. The predicted octanol–water partition coefficient (Wildman–Crippen LogP) is 4.35. The molecule has 0 unspecified atom stereocenters. The summed E-state index contributed by atoms with van der Waals surface area (Å²) in [6, 6.07) is 14.4. The van der Waals surface area contributed by atoms with Crippen molar-refractivity contribution in [2.24, 2.45) is 0 Å². The molecule has 0 aromatic heterocycles. The van der Waals surface area contributed by atoms with Crippen molar-refractivity contribution in [1.29, 1.82) is 0 Å². The van der Waals surface area contributed by atoms with Crippen molar-refractivity contribution in [3.63, 3.8) is 0 Å². The molecule has 0 aliphatic carbocycles. The lowest BCUT2D eigenvalue weighted by molar-refractivity contribution is -0.141. The van der Waals surface area contributed by atoms with E-state index in [4.69, 9.17) is 4.74 Å². The minimum Gasteiger partial charge on any atom is -0.461 e. The Morgan fingerprint density at radius 1 is 1.03 bits per heavy atom. The van der Waals surface area contributed by atoms with Gasteiger partial charge < -0.3 is 4.74 Å². The molecule has 0 saturated carbocycles. The molecule has 2 aromatic rings. The van der Waals surface area contributed by atoms with Crippen LogP contribution in [0.15, 0.2) is 60.2 Å². The summed E-state index contributed by atoms with van der Waals surface area (Å²) in [6.45, 7) is 2.18. The number of hydrogen-bond acceptors (Lipinski definition) is 4. The molecule has 0 atom stereocenters. The number of halogens is 3. The number of likely N-dealkylation sites (N-methyl/N-ethyl adjacent to an activating group) is 1. The van der Waals surface area contributed by atoms with Crippen LogP contribution in [0.2, 0.25) is 0 Å². The van der Waals surface area contributed by atoms with Gasteiger partial charge in [0.15, 0.2) is 5.78 Å². The number of carbonyl (C=O) groups excluding carboxylic acids is 2. The molecule has 0 aliphatic heterocycles. The van der Waals surface area contributed by atoms with Gasteiger partial charge in [0, 0.05) is 13.1 Å². The van der Waals surface area contributed by atoms with Gasteiger partial charge in [0.1, 0.15) is 12.2 Å². The molecular weight excluding hydrogens is 383 g/mol. The summed E-state index contributed by atoms with van der Waals surface area (Å²) in [5.41, 5.74) is -0.515. The molecule has 0 N–H and O–H groups in total. The maximum absolute atomic E-state index is 13.1. The lowest BCUT2D eigenvalue weighted by atomic mass is 10.0. The third-order valence-electron chi connectivity index (χ3n) is 4.17. The van der Waals surface area contributed by atoms with Crippen molar-refractivity contribution in [1.82, 2.24) is 4.90 Å². The number of Topliss-reactive ketones (excluding diaryl/α,β-unsaturated/α-hetero) is 1. The topological polar surface area (TPSA) is 46.6 Å². The Kier molecular flexibility index (Phi) is 7.73. The van der Waals surface area contributed by atoms with Gasteiger partial charge in [-0.1, -0.05) is 48.5 Å². The summed E-state index contributed by atoms with van der Waals surface area (Å²) in [7, 11) is 1.85. The van der Waals surface area contributed by atoms with Crippen LogP contribution in [0.1, 0.15) is 23.6 Å². The number of rotatable bonds is 8. The molecule has 0 fully saturated rings. The van der Waals surface area contributed by atoms with Gasteiger partial charge in [-0.2, -0.15) is 13.2 Å². The van der Waals surface area contributed by atoms with Crippen LogP contribution in [-0.2, 0) is 27.0 Å². The highest BCUT2D eigenvalue weighted by atomic mass is 19.4. The van der Waals surface area contributed by atoms with Crippen molar-refractivity contribution in [3.05, 3.63) is 76.9 Å². The number of ether oxygens (including phenoxy) is 1. The molecule has 2 aromatic carbocycles. The van der Waals surface area contributed by atoms with Crippen LogP contribution in [0.4, 0.5) is 13.2 Å². The van der Waals surface area contributed by atoms with E-state index in [1.165, 1.54) is 18.2 Å². The number of hydrogen-bond donors (Lipinski definition) is 0. The Balaban J connectivity index is 2.03. The van der Waals surface area contributed by atoms with E-state index in [1.807, 2.05) is 42.3 Å². The number of ketones is 1. The van der Waals surface area contributed by atoms with Crippen LogP contribution >= 0.6 is 0 Å². The SMILES string of the molecule is CC(=O)C(=Cc1ccccc1C(F)(F)F)C(=O)OCCN(C)Cc1ccccc1. The van der Waals surface area contributed by atoms with E-state index < -0.39 is 29.1 Å². The second-order valence-electron chi connectivity index (χ2n) is 6.56. The molecule has 0 spiro atoms. The molecule has 0 bridgehead atoms. The van der Waals surface area contributed by atoms with Gasteiger partial charge >= 0.3 is 12.1 Å². The summed E-state index contributed by atoms with van der Waals surface area (Å²) < 4.78 is 44.5. The number of esters is 1. The standard InChI is InChI=1S/C22H22F3NO3/c1-16(27)19(14-18-10-6-7-11-20(18)22(23,24)25)21(28)29-13-12-26(2)15-17-8-4-3-5-9-17/h3-11,14H,12-13,15H2,1-2H3. The van der Waals surface area contributed by atoms with E-state index in [0.29, 0.717) is 13.1 Å². The van der Waals surface area contributed by atoms with Crippen molar-refractivity contribution in [3.8, 4) is 0 Å². The fourth-order valence-electron chi connectivity index (χ4n) is 2.69. The summed E-state index contributed by atoms with van der Waals surface area (Å²) in [4.78, 5) is 26.0. The van der Waals surface area contributed by atoms with E-state index in [-0.39, 0.29) is 12.2 Å². The Bertz CT molecular complexity index is 876. The second-order valence-corrected chi connectivity index (χ2v) is 6.56. The van der Waals surface area contributed by atoms with E-state index in [0.717, 1.165) is 24.6 Å². The summed E-state index contributed by atoms with van der Waals surface area (Å²) >= 11 is 0. The highest BCUT2D eigenvalue weighted by molar-refractivity contribution is 6.19. The monoisotopic (exact) mass is 405 g/mol. The first kappa shape index (κ1) is 22.4. The number of alkyl halides is 3. The first-order valence-corrected chi connectivity index (χ1v) is 8.97. The third-order valence-corrected chi connectivity index (χ3v) is 4.17. The van der Waals surface area contributed by atoms with Gasteiger partial charge in [-0.15, -0.1) is 0 Å². The molecule has 0 radical (unpaired) electrons. The first-order chi connectivity index (χ1) is 13.7. The van der Waals surface area contributed by atoms with E-state index in [1.54, 1.807) is 0 Å². The third kappa shape index (κ3) is 6.87. The minimum atomic E-state index is -4.60. The van der Waals surface area contributed by atoms with Crippen molar-refractivity contribution < 1.29 is 27.5 Å². The van der Waals surface area contributed by atoms with Crippen LogP contribution in [0.5, 0.6) is 0 Å². The van der Waals surface area contributed by atoms with Gasteiger partial charge in [0.25, 0.3) is 0 Å². The number of carbonyl (C=O) groups is 2. The highest BCUT2D eigenvalue weighted by Gasteiger charge is 2.33. The molecule has 29 heavy (non-hydrogen) atoms.